The first-order valence-corrected chi connectivity index (χ1v) is 8.30. The topological polar surface area (TPSA) is 36.9 Å². The minimum atomic E-state index is 0. The first-order valence-electron chi connectivity index (χ1n) is 7.32. The highest BCUT2D eigenvalue weighted by molar-refractivity contribution is 14.0. The predicted octanol–water partition coefficient (Wildman–Crippen LogP) is 3.07. The fraction of sp³-hybridized carbons (Fsp3) is 0.933. The van der Waals surface area contributed by atoms with Crippen molar-refractivity contribution in [2.75, 3.05) is 39.5 Å². The summed E-state index contributed by atoms with van der Waals surface area (Å²) in [6.45, 7) is 14.1. The Labute approximate surface area is 151 Å². The molecule has 1 saturated heterocycles. The number of thioether (sulfide) groups is 1. The molecule has 0 bridgehead atoms. The van der Waals surface area contributed by atoms with E-state index in [0.29, 0.717) is 4.75 Å². The van der Waals surface area contributed by atoms with E-state index in [1.807, 2.05) is 18.8 Å². The van der Waals surface area contributed by atoms with Crippen molar-refractivity contribution in [3.8, 4) is 0 Å². The maximum Gasteiger partial charge on any atom is 0.193 e. The summed E-state index contributed by atoms with van der Waals surface area (Å²) in [5, 5.41) is 3.48. The van der Waals surface area contributed by atoms with Gasteiger partial charge in [0.05, 0.1) is 6.10 Å². The zero-order chi connectivity index (χ0) is 15.4. The van der Waals surface area contributed by atoms with Crippen LogP contribution in [0.1, 0.15) is 34.6 Å². The quantitative estimate of drug-likeness (QED) is 0.425. The maximum atomic E-state index is 5.60. The first-order chi connectivity index (χ1) is 9.19. The molecule has 1 rings (SSSR count). The van der Waals surface area contributed by atoms with E-state index < -0.39 is 0 Å². The second-order valence-electron chi connectivity index (χ2n) is 7.05. The third kappa shape index (κ3) is 6.95. The van der Waals surface area contributed by atoms with Crippen LogP contribution in [-0.2, 0) is 4.74 Å². The van der Waals surface area contributed by atoms with Gasteiger partial charge < -0.3 is 15.0 Å². The largest absolute Gasteiger partial charge is 0.379 e. The van der Waals surface area contributed by atoms with Crippen molar-refractivity contribution in [3.63, 3.8) is 0 Å². The number of rotatable bonds is 3. The van der Waals surface area contributed by atoms with E-state index in [-0.39, 0.29) is 35.5 Å². The SMILES string of the molecule is CN=C(NCC(OC)C(C)(C)C)N1CCSC(C)(C)C1.I. The number of nitrogens with one attached hydrogen (secondary N) is 1. The van der Waals surface area contributed by atoms with Gasteiger partial charge in [-0.3, -0.25) is 4.99 Å². The number of aliphatic imine (C=N–C) groups is 1. The Hall–Kier alpha value is 0.310. The van der Waals surface area contributed by atoms with Crippen LogP contribution in [0.25, 0.3) is 0 Å². The molecule has 0 aromatic carbocycles. The summed E-state index contributed by atoms with van der Waals surface area (Å²) in [5.41, 5.74) is 0.123. The van der Waals surface area contributed by atoms with E-state index in [4.69, 9.17) is 4.74 Å². The van der Waals surface area contributed by atoms with Gasteiger partial charge in [0.15, 0.2) is 5.96 Å². The summed E-state index contributed by atoms with van der Waals surface area (Å²) in [6, 6.07) is 0. The maximum absolute atomic E-state index is 5.60. The number of methoxy groups -OCH3 is 1. The molecule has 0 aromatic heterocycles. The Bertz CT molecular complexity index is 342. The summed E-state index contributed by atoms with van der Waals surface area (Å²) in [6.07, 6.45) is 0.173. The third-order valence-corrected chi connectivity index (χ3v) is 4.93. The highest BCUT2D eigenvalue weighted by Gasteiger charge is 2.30. The van der Waals surface area contributed by atoms with Crippen molar-refractivity contribution in [1.82, 2.24) is 10.2 Å². The molecule has 0 aromatic rings. The highest BCUT2D eigenvalue weighted by atomic mass is 127. The average molecular weight is 429 g/mol. The van der Waals surface area contributed by atoms with Crippen LogP contribution < -0.4 is 5.32 Å². The smallest absolute Gasteiger partial charge is 0.193 e. The van der Waals surface area contributed by atoms with Crippen LogP contribution in [0.2, 0.25) is 0 Å². The summed E-state index contributed by atoms with van der Waals surface area (Å²) in [5.74, 6) is 2.14. The van der Waals surface area contributed by atoms with Gasteiger partial charge in [-0.1, -0.05) is 20.8 Å². The molecule has 1 atom stereocenters. The zero-order valence-corrected chi connectivity index (χ0v) is 17.7. The monoisotopic (exact) mass is 429 g/mol. The van der Waals surface area contributed by atoms with Gasteiger partial charge in [0, 0.05) is 44.3 Å². The van der Waals surface area contributed by atoms with Gasteiger partial charge in [-0.2, -0.15) is 11.8 Å². The van der Waals surface area contributed by atoms with Crippen LogP contribution >= 0.6 is 35.7 Å². The van der Waals surface area contributed by atoms with Crippen molar-refractivity contribution >= 4 is 41.7 Å². The van der Waals surface area contributed by atoms with Gasteiger partial charge in [-0.15, -0.1) is 24.0 Å². The van der Waals surface area contributed by atoms with Crippen molar-refractivity contribution in [1.29, 1.82) is 0 Å². The number of nitrogens with zero attached hydrogens (tertiary/aromatic N) is 2. The Morgan fingerprint density at radius 2 is 2.05 bits per heavy atom. The van der Waals surface area contributed by atoms with Crippen LogP contribution in [0.3, 0.4) is 0 Å². The predicted molar refractivity (Wildman–Crippen MR) is 105 cm³/mol. The van der Waals surface area contributed by atoms with Gasteiger partial charge >= 0.3 is 0 Å². The molecule has 1 aliphatic rings. The molecule has 6 heteroatoms. The van der Waals surface area contributed by atoms with E-state index in [1.165, 1.54) is 0 Å². The molecule has 1 fully saturated rings. The number of guanidine groups is 1. The molecule has 126 valence electrons. The van der Waals surface area contributed by atoms with Gasteiger partial charge in [0.25, 0.3) is 0 Å². The molecule has 1 unspecified atom stereocenters. The molecular weight excluding hydrogens is 397 g/mol. The Morgan fingerprint density at radius 3 is 2.48 bits per heavy atom. The first kappa shape index (κ1) is 21.3. The minimum absolute atomic E-state index is 0. The van der Waals surface area contributed by atoms with Gasteiger partial charge in [-0.25, -0.2) is 0 Å². The number of hydrogen-bond donors (Lipinski definition) is 1. The summed E-state index contributed by atoms with van der Waals surface area (Å²) >= 11 is 2.04. The van der Waals surface area contributed by atoms with Crippen molar-refractivity contribution < 1.29 is 4.74 Å². The molecule has 0 spiro atoms. The molecule has 21 heavy (non-hydrogen) atoms. The second-order valence-corrected chi connectivity index (χ2v) is 8.85. The van der Waals surface area contributed by atoms with Gasteiger partial charge in [0.2, 0.25) is 0 Å². The summed E-state index contributed by atoms with van der Waals surface area (Å²) in [7, 11) is 3.64. The number of ether oxygens (including phenoxy) is 1. The van der Waals surface area contributed by atoms with Crippen LogP contribution in [0.4, 0.5) is 0 Å². The lowest BCUT2D eigenvalue weighted by molar-refractivity contribution is 0.0201. The van der Waals surface area contributed by atoms with E-state index in [9.17, 15) is 0 Å². The van der Waals surface area contributed by atoms with E-state index in [0.717, 1.165) is 31.3 Å². The fourth-order valence-corrected chi connectivity index (χ4v) is 3.57. The lowest BCUT2D eigenvalue weighted by Gasteiger charge is -2.40. The van der Waals surface area contributed by atoms with Gasteiger partial charge in [0.1, 0.15) is 0 Å². The molecule has 1 heterocycles. The van der Waals surface area contributed by atoms with E-state index in [1.54, 1.807) is 7.11 Å². The van der Waals surface area contributed by atoms with Crippen LogP contribution in [0.5, 0.6) is 0 Å². The summed E-state index contributed by atoms with van der Waals surface area (Å²) in [4.78, 5) is 6.79. The molecule has 0 saturated carbocycles. The molecule has 1 aliphatic heterocycles. The normalized spacial score (nSPS) is 20.7. The number of halogens is 1. The standard InChI is InChI=1S/C15H31N3OS.HI/c1-14(2,3)12(19-7)10-17-13(16-6)18-8-9-20-15(4,5)11-18;/h12H,8-11H2,1-7H3,(H,16,17);1H. The molecule has 0 amide bonds. The molecule has 4 nitrogen and oxygen atoms in total. The van der Waals surface area contributed by atoms with E-state index >= 15 is 0 Å². The van der Waals surface area contributed by atoms with Crippen molar-refractivity contribution in [3.05, 3.63) is 0 Å². The number of hydrogen-bond acceptors (Lipinski definition) is 3. The fourth-order valence-electron chi connectivity index (χ4n) is 2.46. The third-order valence-electron chi connectivity index (χ3n) is 3.63. The second kappa shape index (κ2) is 8.82. The Kier molecular flexibility index (Phi) is 8.95. The molecule has 0 radical (unpaired) electrons. The highest BCUT2D eigenvalue weighted by Crippen LogP contribution is 2.29. The summed E-state index contributed by atoms with van der Waals surface area (Å²) < 4.78 is 5.89. The van der Waals surface area contributed by atoms with Crippen LogP contribution in [-0.4, -0.2) is 61.3 Å². The lowest BCUT2D eigenvalue weighted by Crippen LogP contribution is -2.53. The minimum Gasteiger partial charge on any atom is -0.379 e. The lowest BCUT2D eigenvalue weighted by atomic mass is 9.89. The Balaban J connectivity index is 0.00000400. The van der Waals surface area contributed by atoms with Crippen molar-refractivity contribution in [2.24, 2.45) is 10.4 Å². The molecular formula is C15H32IN3OS. The van der Waals surface area contributed by atoms with Crippen LogP contribution in [0.15, 0.2) is 4.99 Å². The van der Waals surface area contributed by atoms with Crippen LogP contribution in [0, 0.1) is 5.41 Å². The average Bonchev–Trinajstić information content (AvgIpc) is 2.31. The molecule has 0 aliphatic carbocycles. The Morgan fingerprint density at radius 1 is 1.43 bits per heavy atom. The zero-order valence-electron chi connectivity index (χ0n) is 14.5. The van der Waals surface area contributed by atoms with E-state index in [2.05, 4.69) is 49.8 Å². The van der Waals surface area contributed by atoms with Gasteiger partial charge in [-0.05, 0) is 19.3 Å². The molecule has 1 N–H and O–H groups in total. The van der Waals surface area contributed by atoms with Crippen molar-refractivity contribution in [2.45, 2.75) is 45.5 Å².